The van der Waals surface area contributed by atoms with Gasteiger partial charge in [-0.05, 0) is 38.8 Å². The van der Waals surface area contributed by atoms with Crippen LogP contribution in [0.1, 0.15) is 45.1 Å². The van der Waals surface area contributed by atoms with Crippen LogP contribution < -0.4 is 0 Å². The average Bonchev–Trinajstić information content (AvgIpc) is 2.70. The van der Waals surface area contributed by atoms with Gasteiger partial charge in [0, 0.05) is 11.8 Å². The molecule has 0 N–H and O–H groups in total. The summed E-state index contributed by atoms with van der Waals surface area (Å²) in [6.45, 7) is 7.98. The molecule has 0 radical (unpaired) electrons. The van der Waals surface area contributed by atoms with Crippen molar-refractivity contribution in [3.8, 4) is 0 Å². The molecule has 0 aliphatic heterocycles. The Kier molecular flexibility index (Phi) is 4.73. The van der Waals surface area contributed by atoms with E-state index in [0.29, 0.717) is 0 Å². The van der Waals surface area contributed by atoms with Crippen LogP contribution in [0.25, 0.3) is 0 Å². The smallest absolute Gasteiger partial charge is 0.125 e. The Balaban J connectivity index is 2.41. The van der Waals surface area contributed by atoms with E-state index in [0.717, 1.165) is 37.1 Å². The number of aryl methyl sites for hydroxylation is 2. The number of allylic oxidation sites excluding steroid dienone is 2. The molecule has 0 bridgehead atoms. The van der Waals surface area contributed by atoms with Crippen molar-refractivity contribution in [3.05, 3.63) is 35.3 Å². The number of carbonyl (C=O) groups is 1. The largest absolute Gasteiger partial charge is 0.466 e. The van der Waals surface area contributed by atoms with Gasteiger partial charge in [-0.25, -0.2) is 0 Å². The molecule has 1 aromatic rings. The maximum absolute atomic E-state index is 10.8. The summed E-state index contributed by atoms with van der Waals surface area (Å²) in [5, 5.41) is 0. The molecular formula is C15H22O2. The lowest BCUT2D eigenvalue weighted by atomic mass is 9.90. The van der Waals surface area contributed by atoms with E-state index < -0.39 is 0 Å². The molecular weight excluding hydrogens is 212 g/mol. The number of furan rings is 1. The highest BCUT2D eigenvalue weighted by atomic mass is 16.3. The number of carbonyl (C=O) groups excluding carboxylic acids is 1. The minimum absolute atomic E-state index is 0.247. The maximum atomic E-state index is 10.8. The summed E-state index contributed by atoms with van der Waals surface area (Å²) >= 11 is 0. The predicted octanol–water partition coefficient (Wildman–Crippen LogP) is 4.08. The predicted molar refractivity (Wildman–Crippen MR) is 70.0 cm³/mol. The third-order valence-corrected chi connectivity index (χ3v) is 2.86. The summed E-state index contributed by atoms with van der Waals surface area (Å²) in [5.74, 6) is 1.99. The average molecular weight is 234 g/mol. The van der Waals surface area contributed by atoms with Crippen molar-refractivity contribution in [2.75, 3.05) is 0 Å². The molecule has 0 amide bonds. The van der Waals surface area contributed by atoms with E-state index in [2.05, 4.69) is 13.0 Å². The fraction of sp³-hybridized carbons (Fsp3) is 0.533. The van der Waals surface area contributed by atoms with Crippen LogP contribution in [-0.4, -0.2) is 6.29 Å². The molecule has 0 unspecified atom stereocenters. The minimum Gasteiger partial charge on any atom is -0.466 e. The van der Waals surface area contributed by atoms with Crippen LogP contribution >= 0.6 is 0 Å². The van der Waals surface area contributed by atoms with Crippen LogP contribution in [0.3, 0.4) is 0 Å². The van der Waals surface area contributed by atoms with Crippen molar-refractivity contribution in [1.29, 1.82) is 0 Å². The van der Waals surface area contributed by atoms with E-state index in [9.17, 15) is 4.79 Å². The monoisotopic (exact) mass is 234 g/mol. The number of rotatable bonds is 6. The van der Waals surface area contributed by atoms with Crippen LogP contribution in [0, 0.1) is 12.3 Å². The Hall–Kier alpha value is -1.31. The van der Waals surface area contributed by atoms with Gasteiger partial charge in [0.05, 0.1) is 0 Å². The van der Waals surface area contributed by atoms with E-state index in [1.54, 1.807) is 0 Å². The molecule has 0 saturated carbocycles. The van der Waals surface area contributed by atoms with Crippen molar-refractivity contribution in [2.24, 2.45) is 5.41 Å². The van der Waals surface area contributed by atoms with Gasteiger partial charge in [-0.3, -0.25) is 0 Å². The summed E-state index contributed by atoms with van der Waals surface area (Å²) in [6.07, 6.45) is 5.90. The van der Waals surface area contributed by atoms with Crippen LogP contribution in [0.5, 0.6) is 0 Å². The highest BCUT2D eigenvalue weighted by Gasteiger charge is 2.14. The number of hydrogen-bond donors (Lipinski definition) is 0. The Morgan fingerprint density at radius 2 is 2.12 bits per heavy atom. The molecule has 1 heterocycles. The van der Waals surface area contributed by atoms with Crippen molar-refractivity contribution in [2.45, 2.75) is 47.0 Å². The molecule has 0 spiro atoms. The van der Waals surface area contributed by atoms with Gasteiger partial charge in [-0.1, -0.05) is 25.5 Å². The lowest BCUT2D eigenvalue weighted by Gasteiger charge is -2.13. The third kappa shape index (κ3) is 5.03. The highest BCUT2D eigenvalue weighted by molar-refractivity contribution is 5.58. The van der Waals surface area contributed by atoms with Gasteiger partial charge in [0.1, 0.15) is 17.8 Å². The molecule has 0 fully saturated rings. The second-order valence-corrected chi connectivity index (χ2v) is 5.37. The molecule has 2 heteroatoms. The summed E-state index contributed by atoms with van der Waals surface area (Å²) in [6, 6.07) is 4.02. The number of aldehydes is 1. The van der Waals surface area contributed by atoms with Crippen LogP contribution in [0.15, 0.2) is 28.2 Å². The topological polar surface area (TPSA) is 30.2 Å². The molecule has 0 aliphatic rings. The van der Waals surface area contributed by atoms with Crippen LogP contribution in [0.4, 0.5) is 0 Å². The van der Waals surface area contributed by atoms with Gasteiger partial charge in [0.15, 0.2) is 0 Å². The zero-order chi connectivity index (χ0) is 12.9. The Labute approximate surface area is 104 Å². The van der Waals surface area contributed by atoms with E-state index in [4.69, 9.17) is 4.42 Å². The van der Waals surface area contributed by atoms with Crippen molar-refractivity contribution in [1.82, 2.24) is 0 Å². The molecule has 1 rings (SSSR count). The summed E-state index contributed by atoms with van der Waals surface area (Å²) in [4.78, 5) is 10.8. The summed E-state index contributed by atoms with van der Waals surface area (Å²) in [7, 11) is 0. The maximum Gasteiger partial charge on any atom is 0.125 e. The zero-order valence-corrected chi connectivity index (χ0v) is 11.2. The lowest BCUT2D eigenvalue weighted by Crippen LogP contribution is -2.11. The van der Waals surface area contributed by atoms with Gasteiger partial charge in [0.25, 0.3) is 0 Å². The van der Waals surface area contributed by atoms with Crippen LogP contribution in [0.2, 0.25) is 0 Å². The first-order chi connectivity index (χ1) is 7.93. The first kappa shape index (κ1) is 13.8. The van der Waals surface area contributed by atoms with Gasteiger partial charge < -0.3 is 9.21 Å². The van der Waals surface area contributed by atoms with E-state index >= 15 is 0 Å². The Morgan fingerprint density at radius 3 is 2.65 bits per heavy atom. The van der Waals surface area contributed by atoms with E-state index in [-0.39, 0.29) is 5.41 Å². The molecule has 2 nitrogen and oxygen atoms in total. The fourth-order valence-electron chi connectivity index (χ4n) is 1.53. The molecule has 0 aliphatic carbocycles. The third-order valence-electron chi connectivity index (χ3n) is 2.86. The Morgan fingerprint density at radius 1 is 1.41 bits per heavy atom. The molecule has 17 heavy (non-hydrogen) atoms. The van der Waals surface area contributed by atoms with E-state index in [1.807, 2.05) is 32.9 Å². The summed E-state index contributed by atoms with van der Waals surface area (Å²) in [5.41, 5.74) is 1.07. The highest BCUT2D eigenvalue weighted by Crippen LogP contribution is 2.20. The second kappa shape index (κ2) is 5.85. The molecule has 0 saturated heterocycles. The number of hydrogen-bond acceptors (Lipinski definition) is 2. The molecule has 0 atom stereocenters. The minimum atomic E-state index is -0.247. The van der Waals surface area contributed by atoms with Gasteiger partial charge >= 0.3 is 0 Å². The van der Waals surface area contributed by atoms with Crippen LogP contribution in [-0.2, 0) is 11.2 Å². The van der Waals surface area contributed by atoms with E-state index in [1.165, 1.54) is 5.57 Å². The normalized spacial score (nSPS) is 12.8. The first-order valence-corrected chi connectivity index (χ1v) is 6.10. The van der Waals surface area contributed by atoms with Gasteiger partial charge in [-0.2, -0.15) is 0 Å². The Bertz CT molecular complexity index is 397. The van der Waals surface area contributed by atoms with Crippen molar-refractivity contribution < 1.29 is 9.21 Å². The summed E-state index contributed by atoms with van der Waals surface area (Å²) < 4.78 is 5.52. The first-order valence-electron chi connectivity index (χ1n) is 6.10. The van der Waals surface area contributed by atoms with Crippen molar-refractivity contribution >= 4 is 6.29 Å². The molecule has 0 aromatic carbocycles. The fourth-order valence-corrected chi connectivity index (χ4v) is 1.53. The lowest BCUT2D eigenvalue weighted by molar-refractivity contribution is -0.114. The SMILES string of the molecule is CC(=CCC(C)(C)C=O)CCc1ccc(C)o1. The second-order valence-electron chi connectivity index (χ2n) is 5.37. The van der Waals surface area contributed by atoms with Gasteiger partial charge in [-0.15, -0.1) is 0 Å². The van der Waals surface area contributed by atoms with Crippen molar-refractivity contribution in [3.63, 3.8) is 0 Å². The quantitative estimate of drug-likeness (QED) is 0.548. The standard InChI is InChI=1S/C15H22O2/c1-12(9-10-15(3,4)11-16)5-7-14-8-6-13(2)17-14/h6,8-9,11H,5,7,10H2,1-4H3. The molecule has 94 valence electrons. The zero-order valence-electron chi connectivity index (χ0n) is 11.2. The molecule has 1 aromatic heterocycles. The van der Waals surface area contributed by atoms with Gasteiger partial charge in [0.2, 0.25) is 0 Å².